The number of rotatable bonds is 13. The molecule has 10 nitrogen and oxygen atoms in total. The summed E-state index contributed by atoms with van der Waals surface area (Å²) in [6, 6.07) is 13.7. The van der Waals surface area contributed by atoms with Crippen molar-refractivity contribution in [1.82, 2.24) is 19.8 Å². The summed E-state index contributed by atoms with van der Waals surface area (Å²) in [6.45, 7) is 2.10. The second-order valence-corrected chi connectivity index (χ2v) is 16.1. The molecule has 2 aliphatic rings. The summed E-state index contributed by atoms with van der Waals surface area (Å²) in [5.74, 6) is -1.91. The Balaban J connectivity index is 1.33. The van der Waals surface area contributed by atoms with Crippen molar-refractivity contribution in [2.24, 2.45) is 0 Å². The number of likely N-dealkylation sites (tertiary alicyclic amines) is 1. The van der Waals surface area contributed by atoms with Gasteiger partial charge >= 0.3 is 6.18 Å². The number of hydrogen-bond acceptors (Lipinski definition) is 9. The normalized spacial score (nSPS) is 19.5. The van der Waals surface area contributed by atoms with Gasteiger partial charge in [0.25, 0.3) is 10.0 Å². The number of alkyl halides is 3. The van der Waals surface area contributed by atoms with Crippen LogP contribution in [0.5, 0.6) is 11.5 Å². The highest BCUT2D eigenvalue weighted by atomic mass is 32.2. The van der Waals surface area contributed by atoms with Crippen LogP contribution in [0.3, 0.4) is 0 Å². The Labute approximate surface area is 318 Å². The highest BCUT2D eigenvalue weighted by molar-refractivity contribution is 7.92. The van der Waals surface area contributed by atoms with E-state index in [1.165, 1.54) is 38.6 Å². The van der Waals surface area contributed by atoms with Gasteiger partial charge in [-0.15, -0.1) is 0 Å². The third kappa shape index (κ3) is 8.65. The molecule has 4 aromatic rings. The van der Waals surface area contributed by atoms with E-state index >= 15 is 8.78 Å². The standard InChI is InChI=1S/C39H45F5N6O4S/c1-47-18-13-30(24-47)48(2)38(15-11-27-7-5-8-29(19-27)39(42,43)44)14-6-17-49(25-38)31-20-33(40)37(34(41)21-31)55(51,52)50(36-12-16-45-26-46-36)23-28-9-10-32(53-3)22-35(28)54-4/h5,7-10,12,16,19-22,26,30H,6,11,13-15,17-18,23-25H2,1-4H3. The van der Waals surface area contributed by atoms with Crippen LogP contribution >= 0.6 is 0 Å². The van der Waals surface area contributed by atoms with E-state index in [0.717, 1.165) is 54.8 Å². The van der Waals surface area contributed by atoms with Crippen LogP contribution in [-0.4, -0.2) is 94.3 Å². The Kier molecular flexibility index (Phi) is 11.9. The zero-order valence-corrected chi connectivity index (χ0v) is 32.0. The van der Waals surface area contributed by atoms with Crippen LogP contribution in [-0.2, 0) is 29.2 Å². The topological polar surface area (TPSA) is 91.3 Å². The average Bonchev–Trinajstić information content (AvgIpc) is 3.61. The van der Waals surface area contributed by atoms with Gasteiger partial charge in [-0.05, 0) is 88.6 Å². The number of likely N-dealkylation sites (N-methyl/N-ethyl adjacent to an activating group) is 2. The van der Waals surface area contributed by atoms with Gasteiger partial charge in [-0.25, -0.2) is 31.5 Å². The molecule has 0 aliphatic carbocycles. The summed E-state index contributed by atoms with van der Waals surface area (Å²) in [5.41, 5.74) is -0.163. The first-order chi connectivity index (χ1) is 26.1. The van der Waals surface area contributed by atoms with Gasteiger partial charge in [0, 0.05) is 60.8 Å². The predicted octanol–water partition coefficient (Wildman–Crippen LogP) is 6.79. The molecule has 3 aromatic carbocycles. The molecule has 3 heterocycles. The third-order valence-corrected chi connectivity index (χ3v) is 12.7. The second-order valence-electron chi connectivity index (χ2n) is 14.3. The van der Waals surface area contributed by atoms with Crippen molar-refractivity contribution in [1.29, 1.82) is 0 Å². The molecule has 296 valence electrons. The molecule has 0 amide bonds. The Bertz CT molecular complexity index is 2050. The van der Waals surface area contributed by atoms with Gasteiger partial charge in [0.1, 0.15) is 35.3 Å². The van der Waals surface area contributed by atoms with Gasteiger partial charge < -0.3 is 19.3 Å². The minimum Gasteiger partial charge on any atom is -0.497 e. The lowest BCUT2D eigenvalue weighted by Crippen LogP contribution is -2.61. The number of aryl methyl sites for hydroxylation is 1. The molecule has 0 saturated carbocycles. The molecule has 0 spiro atoms. The monoisotopic (exact) mass is 788 g/mol. The number of ether oxygens (including phenoxy) is 2. The lowest BCUT2D eigenvalue weighted by atomic mass is 9.80. The highest BCUT2D eigenvalue weighted by Crippen LogP contribution is 2.39. The molecule has 55 heavy (non-hydrogen) atoms. The van der Waals surface area contributed by atoms with Crippen molar-refractivity contribution in [2.75, 3.05) is 63.7 Å². The zero-order chi connectivity index (χ0) is 39.5. The number of nitrogens with zero attached hydrogens (tertiary/aromatic N) is 6. The molecule has 2 unspecified atom stereocenters. The maximum absolute atomic E-state index is 16.3. The molecule has 2 saturated heterocycles. The second kappa shape index (κ2) is 16.3. The fourth-order valence-electron chi connectivity index (χ4n) is 7.84. The predicted molar refractivity (Wildman–Crippen MR) is 199 cm³/mol. The van der Waals surface area contributed by atoms with Gasteiger partial charge in [0.15, 0.2) is 4.90 Å². The first kappa shape index (κ1) is 40.1. The smallest absolute Gasteiger partial charge is 0.416 e. The first-order valence-corrected chi connectivity index (χ1v) is 19.4. The number of methoxy groups -OCH3 is 2. The fourth-order valence-corrected chi connectivity index (χ4v) is 9.33. The number of piperidine rings is 1. The quantitative estimate of drug-likeness (QED) is 0.136. The SMILES string of the molecule is COc1ccc(CN(c2ccncn2)S(=O)(=O)c2c(F)cc(N3CCCC(CCc4cccc(C(F)(F)F)c4)(N(C)C4CCN(C)C4)C3)cc2F)c(OC)c1. The van der Waals surface area contributed by atoms with Crippen LogP contribution in [0.1, 0.15) is 42.4 Å². The lowest BCUT2D eigenvalue weighted by Gasteiger charge is -2.51. The number of benzene rings is 3. The van der Waals surface area contributed by atoms with Crippen LogP contribution < -0.4 is 18.7 Å². The summed E-state index contributed by atoms with van der Waals surface area (Å²) < 4.78 is 113. The van der Waals surface area contributed by atoms with Gasteiger partial charge in [0.2, 0.25) is 0 Å². The van der Waals surface area contributed by atoms with Gasteiger partial charge in [-0.1, -0.05) is 18.2 Å². The van der Waals surface area contributed by atoms with Crippen molar-refractivity contribution in [2.45, 2.75) is 61.3 Å². The summed E-state index contributed by atoms with van der Waals surface area (Å²) in [7, 11) is 2.03. The third-order valence-electron chi connectivity index (χ3n) is 10.9. The molecule has 0 N–H and O–H groups in total. The van der Waals surface area contributed by atoms with Gasteiger partial charge in [-0.2, -0.15) is 13.2 Å². The molecule has 1 aromatic heterocycles. The Morgan fingerprint density at radius 3 is 2.40 bits per heavy atom. The van der Waals surface area contributed by atoms with Crippen LogP contribution in [0.25, 0.3) is 0 Å². The summed E-state index contributed by atoms with van der Waals surface area (Å²) >= 11 is 0. The molecular formula is C39H45F5N6O4S. The molecule has 2 atom stereocenters. The largest absolute Gasteiger partial charge is 0.497 e. The molecule has 6 rings (SSSR count). The average molecular weight is 789 g/mol. The van der Waals surface area contributed by atoms with Gasteiger partial charge in [0.05, 0.1) is 26.3 Å². The Morgan fingerprint density at radius 2 is 1.76 bits per heavy atom. The summed E-state index contributed by atoms with van der Waals surface area (Å²) in [5, 5.41) is 0. The van der Waals surface area contributed by atoms with Crippen molar-refractivity contribution < 1.29 is 39.8 Å². The molecule has 0 radical (unpaired) electrons. The number of aromatic nitrogens is 2. The van der Waals surface area contributed by atoms with E-state index in [2.05, 4.69) is 19.8 Å². The summed E-state index contributed by atoms with van der Waals surface area (Å²) in [6.07, 6.45) is 1.12. The van der Waals surface area contributed by atoms with E-state index in [9.17, 15) is 21.6 Å². The Hall–Kier alpha value is -4.54. The van der Waals surface area contributed by atoms with Crippen LogP contribution in [0.15, 0.2) is 78.1 Å². The van der Waals surface area contributed by atoms with Crippen molar-refractivity contribution in [3.8, 4) is 11.5 Å². The number of hydrogen-bond donors (Lipinski definition) is 0. The number of sulfonamides is 1. The minimum atomic E-state index is -4.91. The molecular weight excluding hydrogens is 744 g/mol. The van der Waals surface area contributed by atoms with E-state index in [1.807, 2.05) is 19.0 Å². The fraction of sp³-hybridized carbons (Fsp3) is 0.436. The van der Waals surface area contributed by atoms with E-state index in [0.29, 0.717) is 55.0 Å². The number of halogens is 5. The number of anilines is 2. The zero-order valence-electron chi connectivity index (χ0n) is 31.2. The van der Waals surface area contributed by atoms with E-state index in [-0.39, 0.29) is 24.1 Å². The lowest BCUT2D eigenvalue weighted by molar-refractivity contribution is -0.137. The Morgan fingerprint density at radius 1 is 1.00 bits per heavy atom. The molecule has 16 heteroatoms. The van der Waals surface area contributed by atoms with Crippen molar-refractivity contribution in [3.63, 3.8) is 0 Å². The minimum absolute atomic E-state index is 0.113. The van der Waals surface area contributed by atoms with Crippen LogP contribution in [0.2, 0.25) is 0 Å². The van der Waals surface area contributed by atoms with Crippen molar-refractivity contribution in [3.05, 3.63) is 102 Å². The molecule has 2 fully saturated rings. The van der Waals surface area contributed by atoms with E-state index in [1.54, 1.807) is 24.3 Å². The van der Waals surface area contributed by atoms with E-state index < -0.39 is 43.8 Å². The maximum atomic E-state index is 16.3. The van der Waals surface area contributed by atoms with Gasteiger partial charge in [-0.3, -0.25) is 4.90 Å². The van der Waals surface area contributed by atoms with Crippen molar-refractivity contribution >= 4 is 21.5 Å². The van der Waals surface area contributed by atoms with Crippen LogP contribution in [0.4, 0.5) is 33.5 Å². The molecule has 2 aliphatic heterocycles. The van der Waals surface area contributed by atoms with E-state index in [4.69, 9.17) is 9.47 Å². The molecule has 0 bridgehead atoms. The first-order valence-electron chi connectivity index (χ1n) is 18.0. The van der Waals surface area contributed by atoms with Crippen LogP contribution in [0, 0.1) is 11.6 Å². The summed E-state index contributed by atoms with van der Waals surface area (Å²) in [4.78, 5) is 13.2. The maximum Gasteiger partial charge on any atom is 0.416 e. The highest BCUT2D eigenvalue weighted by Gasteiger charge is 2.43.